The van der Waals surface area contributed by atoms with Crippen LogP contribution < -0.4 is 5.73 Å². The molecule has 1 aliphatic heterocycles. The van der Waals surface area contributed by atoms with E-state index in [1.54, 1.807) is 18.2 Å². The summed E-state index contributed by atoms with van der Waals surface area (Å²) in [4.78, 5) is 14.3. The summed E-state index contributed by atoms with van der Waals surface area (Å²) in [6.45, 7) is 4.28. The van der Waals surface area contributed by atoms with Crippen molar-refractivity contribution in [2.75, 3.05) is 19.6 Å². The maximum atomic E-state index is 12.4. The van der Waals surface area contributed by atoms with Crippen LogP contribution in [0.5, 0.6) is 0 Å². The SMILES string of the molecule is CC1CCN(C(=O)c2cc(Cl)cc(Cl)c2)CC1CN. The second-order valence-electron chi connectivity index (χ2n) is 5.17. The average molecular weight is 301 g/mol. The number of hydrogen-bond acceptors (Lipinski definition) is 2. The number of nitrogens with two attached hydrogens (primary N) is 1. The number of amides is 1. The summed E-state index contributed by atoms with van der Waals surface area (Å²) in [7, 11) is 0. The van der Waals surface area contributed by atoms with Gasteiger partial charge in [0.05, 0.1) is 0 Å². The lowest BCUT2D eigenvalue weighted by atomic mass is 9.87. The van der Waals surface area contributed by atoms with Crippen LogP contribution in [-0.2, 0) is 0 Å². The van der Waals surface area contributed by atoms with E-state index in [2.05, 4.69) is 6.92 Å². The van der Waals surface area contributed by atoms with E-state index in [1.807, 2.05) is 4.90 Å². The number of carbonyl (C=O) groups excluding carboxylic acids is 1. The molecule has 0 spiro atoms. The Labute approximate surface area is 123 Å². The molecule has 1 aliphatic rings. The Morgan fingerprint density at radius 1 is 1.37 bits per heavy atom. The van der Waals surface area contributed by atoms with Crippen LogP contribution in [0.1, 0.15) is 23.7 Å². The molecule has 19 heavy (non-hydrogen) atoms. The van der Waals surface area contributed by atoms with Crippen LogP contribution in [0, 0.1) is 11.8 Å². The monoisotopic (exact) mass is 300 g/mol. The Morgan fingerprint density at radius 2 is 2.00 bits per heavy atom. The van der Waals surface area contributed by atoms with Crippen molar-refractivity contribution in [3.05, 3.63) is 33.8 Å². The molecule has 2 rings (SSSR count). The molecule has 1 aromatic rings. The lowest BCUT2D eigenvalue weighted by Crippen LogP contribution is -2.45. The van der Waals surface area contributed by atoms with Gasteiger partial charge in [-0.15, -0.1) is 0 Å². The number of carbonyl (C=O) groups is 1. The molecule has 0 aromatic heterocycles. The van der Waals surface area contributed by atoms with E-state index in [-0.39, 0.29) is 5.91 Å². The van der Waals surface area contributed by atoms with Crippen LogP contribution in [0.3, 0.4) is 0 Å². The molecule has 0 bridgehead atoms. The van der Waals surface area contributed by atoms with Gasteiger partial charge >= 0.3 is 0 Å². The molecule has 2 atom stereocenters. The first-order valence-corrected chi connectivity index (χ1v) is 7.22. The standard InChI is InChI=1S/C14H18Cl2N2O/c1-9-2-3-18(8-11(9)7-17)14(19)10-4-12(15)6-13(16)5-10/h4-6,9,11H,2-3,7-8,17H2,1H3. The molecule has 2 N–H and O–H groups in total. The first kappa shape index (κ1) is 14.6. The first-order chi connectivity index (χ1) is 9.01. The Hall–Kier alpha value is -0.770. The molecule has 1 amide bonds. The third-order valence-corrected chi connectivity index (χ3v) is 4.25. The zero-order valence-electron chi connectivity index (χ0n) is 10.9. The zero-order valence-corrected chi connectivity index (χ0v) is 12.4. The van der Waals surface area contributed by atoms with Gasteiger partial charge in [-0.25, -0.2) is 0 Å². The highest BCUT2D eigenvalue weighted by atomic mass is 35.5. The molecule has 3 nitrogen and oxygen atoms in total. The fourth-order valence-corrected chi connectivity index (χ4v) is 3.03. The fourth-order valence-electron chi connectivity index (χ4n) is 2.50. The highest BCUT2D eigenvalue weighted by Crippen LogP contribution is 2.25. The van der Waals surface area contributed by atoms with Crippen LogP contribution in [0.4, 0.5) is 0 Å². The van der Waals surface area contributed by atoms with Crippen molar-refractivity contribution in [3.63, 3.8) is 0 Å². The first-order valence-electron chi connectivity index (χ1n) is 6.46. The van der Waals surface area contributed by atoms with E-state index in [4.69, 9.17) is 28.9 Å². The van der Waals surface area contributed by atoms with Gasteiger partial charge in [-0.2, -0.15) is 0 Å². The van der Waals surface area contributed by atoms with Crippen molar-refractivity contribution >= 4 is 29.1 Å². The topological polar surface area (TPSA) is 46.3 Å². The van der Waals surface area contributed by atoms with E-state index in [0.717, 1.165) is 13.0 Å². The highest BCUT2D eigenvalue weighted by molar-refractivity contribution is 6.35. The number of hydrogen-bond donors (Lipinski definition) is 1. The van der Waals surface area contributed by atoms with Crippen molar-refractivity contribution in [2.45, 2.75) is 13.3 Å². The van der Waals surface area contributed by atoms with Gasteiger partial charge in [0.2, 0.25) is 0 Å². The van der Waals surface area contributed by atoms with Crippen LogP contribution in [0.25, 0.3) is 0 Å². The van der Waals surface area contributed by atoms with Gasteiger partial charge < -0.3 is 10.6 Å². The van der Waals surface area contributed by atoms with E-state index in [1.165, 1.54) is 0 Å². The molecule has 1 heterocycles. The predicted molar refractivity (Wildman–Crippen MR) is 78.7 cm³/mol. The Balaban J connectivity index is 2.15. The summed E-state index contributed by atoms with van der Waals surface area (Å²) in [5, 5.41) is 0.966. The number of rotatable bonds is 2. The molecule has 1 fully saturated rings. The molecule has 104 valence electrons. The highest BCUT2D eigenvalue weighted by Gasteiger charge is 2.28. The van der Waals surface area contributed by atoms with E-state index in [9.17, 15) is 4.79 Å². The van der Waals surface area contributed by atoms with Gasteiger partial charge in [-0.1, -0.05) is 30.1 Å². The molecule has 0 saturated carbocycles. The van der Waals surface area contributed by atoms with Crippen LogP contribution in [0.2, 0.25) is 10.0 Å². The Kier molecular flexibility index (Phi) is 4.71. The lowest BCUT2D eigenvalue weighted by Gasteiger charge is -2.36. The largest absolute Gasteiger partial charge is 0.338 e. The van der Waals surface area contributed by atoms with Crippen molar-refractivity contribution in [1.82, 2.24) is 4.90 Å². The molecule has 0 aliphatic carbocycles. The number of benzene rings is 1. The van der Waals surface area contributed by atoms with Gasteiger partial charge in [0.25, 0.3) is 5.91 Å². The van der Waals surface area contributed by atoms with Gasteiger partial charge in [0.1, 0.15) is 0 Å². The minimum Gasteiger partial charge on any atom is -0.338 e. The molecular formula is C14H18Cl2N2O. The molecule has 0 radical (unpaired) electrons. The van der Waals surface area contributed by atoms with Crippen LogP contribution in [-0.4, -0.2) is 30.4 Å². The van der Waals surface area contributed by atoms with Crippen molar-refractivity contribution in [3.8, 4) is 0 Å². The second kappa shape index (κ2) is 6.12. The Morgan fingerprint density at radius 3 is 2.58 bits per heavy atom. The second-order valence-corrected chi connectivity index (χ2v) is 6.04. The maximum Gasteiger partial charge on any atom is 0.253 e. The summed E-state index contributed by atoms with van der Waals surface area (Å²) >= 11 is 11.9. The minimum atomic E-state index is -0.0187. The summed E-state index contributed by atoms with van der Waals surface area (Å²) in [6.07, 6.45) is 0.988. The summed E-state index contributed by atoms with van der Waals surface area (Å²) in [6, 6.07) is 4.94. The smallest absolute Gasteiger partial charge is 0.253 e. The normalized spacial score (nSPS) is 23.5. The summed E-state index contributed by atoms with van der Waals surface area (Å²) in [5.74, 6) is 0.916. The van der Waals surface area contributed by atoms with Crippen molar-refractivity contribution in [2.24, 2.45) is 17.6 Å². The molecule has 1 aromatic carbocycles. The van der Waals surface area contributed by atoms with Crippen molar-refractivity contribution < 1.29 is 4.79 Å². The predicted octanol–water partition coefficient (Wildman–Crippen LogP) is 3.05. The number of likely N-dealkylation sites (tertiary alicyclic amines) is 1. The van der Waals surface area contributed by atoms with Crippen molar-refractivity contribution in [1.29, 1.82) is 0 Å². The zero-order chi connectivity index (χ0) is 14.0. The van der Waals surface area contributed by atoms with Crippen LogP contribution >= 0.6 is 23.2 Å². The summed E-state index contributed by atoms with van der Waals surface area (Å²) in [5.41, 5.74) is 6.31. The van der Waals surface area contributed by atoms with Crippen LogP contribution in [0.15, 0.2) is 18.2 Å². The van der Waals surface area contributed by atoms with Gasteiger partial charge in [0, 0.05) is 28.7 Å². The van der Waals surface area contributed by atoms with E-state index >= 15 is 0 Å². The van der Waals surface area contributed by atoms with Gasteiger partial charge in [0.15, 0.2) is 0 Å². The van der Waals surface area contributed by atoms with E-state index in [0.29, 0.717) is 40.5 Å². The number of piperidine rings is 1. The molecule has 1 saturated heterocycles. The van der Waals surface area contributed by atoms with E-state index < -0.39 is 0 Å². The molecule has 2 unspecified atom stereocenters. The third-order valence-electron chi connectivity index (χ3n) is 3.81. The fraction of sp³-hybridized carbons (Fsp3) is 0.500. The number of halogens is 2. The number of nitrogens with zero attached hydrogens (tertiary/aromatic N) is 1. The summed E-state index contributed by atoms with van der Waals surface area (Å²) < 4.78 is 0. The van der Waals surface area contributed by atoms with Gasteiger partial charge in [-0.05, 0) is 43.0 Å². The van der Waals surface area contributed by atoms with Gasteiger partial charge in [-0.3, -0.25) is 4.79 Å². The Bertz CT molecular complexity index is 458. The molecular weight excluding hydrogens is 283 g/mol. The quantitative estimate of drug-likeness (QED) is 0.912. The maximum absolute atomic E-state index is 12.4. The third kappa shape index (κ3) is 3.41. The molecule has 5 heteroatoms. The minimum absolute atomic E-state index is 0.0187. The lowest BCUT2D eigenvalue weighted by molar-refractivity contribution is 0.0618. The average Bonchev–Trinajstić information content (AvgIpc) is 2.37.